The first-order valence-electron chi connectivity index (χ1n) is 14.5. The van der Waals surface area contributed by atoms with Crippen LogP contribution in [0.1, 0.15) is 36.4 Å². The minimum absolute atomic E-state index is 0.0530. The van der Waals surface area contributed by atoms with Crippen molar-refractivity contribution in [3.63, 3.8) is 0 Å². The third-order valence-electron chi connectivity index (χ3n) is 7.98. The zero-order valence-corrected chi connectivity index (χ0v) is 23.8. The van der Waals surface area contributed by atoms with Crippen molar-refractivity contribution in [2.45, 2.75) is 31.7 Å². The van der Waals surface area contributed by atoms with Crippen molar-refractivity contribution in [3.05, 3.63) is 83.8 Å². The summed E-state index contributed by atoms with van der Waals surface area (Å²) in [7, 11) is 1.56. The van der Waals surface area contributed by atoms with Crippen molar-refractivity contribution in [2.24, 2.45) is 5.92 Å². The zero-order valence-electron chi connectivity index (χ0n) is 23.8. The van der Waals surface area contributed by atoms with Crippen molar-refractivity contribution >= 4 is 28.4 Å². The molecule has 1 aromatic heterocycles. The van der Waals surface area contributed by atoms with Crippen LogP contribution in [-0.2, 0) is 16.0 Å². The molecule has 1 saturated heterocycles. The molecular weight excluding hydrogens is 551 g/mol. The number of hydrogen-bond acceptors (Lipinski definition) is 7. The van der Waals surface area contributed by atoms with Gasteiger partial charge < -0.3 is 30.2 Å². The molecule has 6 rings (SSSR count). The van der Waals surface area contributed by atoms with E-state index in [0.717, 1.165) is 56.0 Å². The molecule has 43 heavy (non-hydrogen) atoms. The number of nitrogens with zero attached hydrogens (tertiary/aromatic N) is 1. The Morgan fingerprint density at radius 2 is 1.79 bits per heavy atom. The molecule has 0 radical (unpaired) electrons. The highest BCUT2D eigenvalue weighted by Crippen LogP contribution is 2.40. The zero-order chi connectivity index (χ0) is 29.8. The Morgan fingerprint density at radius 1 is 0.977 bits per heavy atom. The number of fused-ring (bicyclic) bond motifs is 2. The minimum Gasteiger partial charge on any atom is -0.491 e. The summed E-state index contributed by atoms with van der Waals surface area (Å²) < 4.78 is 32.8. The van der Waals surface area contributed by atoms with Crippen LogP contribution < -0.4 is 30.2 Å². The predicted octanol–water partition coefficient (Wildman–Crippen LogP) is 5.30. The van der Waals surface area contributed by atoms with E-state index in [1.165, 1.54) is 12.1 Å². The quantitative estimate of drug-likeness (QED) is 0.241. The standard InChI is InChI=1S/C33H33FN4O5/c1-41-31-29(42-19-20-12-15-35-16-13-20)11-8-24-27(14-17-36-30(24)31)43-28-10-7-22(18-25(28)34)37-32(39)33(40)38-26-9-6-21-4-2-3-5-23(21)26/h2-5,7-8,10-11,14,17-18,20,26,35H,6,9,12-13,15-16,19H2,1H3,(H,37,39)(H,38,40). The lowest BCUT2D eigenvalue weighted by Crippen LogP contribution is -2.37. The molecule has 0 spiro atoms. The molecule has 3 aromatic carbocycles. The molecule has 1 unspecified atom stereocenters. The lowest BCUT2D eigenvalue weighted by Gasteiger charge is -2.23. The molecule has 4 aromatic rings. The molecule has 1 atom stereocenters. The number of ether oxygens (including phenoxy) is 3. The molecule has 9 nitrogen and oxygen atoms in total. The number of amides is 2. The Balaban J connectivity index is 1.12. The van der Waals surface area contributed by atoms with Crippen LogP contribution >= 0.6 is 0 Å². The molecule has 1 fully saturated rings. The smallest absolute Gasteiger partial charge is 0.313 e. The Bertz CT molecular complexity index is 1660. The number of carbonyl (C=O) groups excluding carboxylic acids is 2. The number of nitrogens with one attached hydrogen (secondary N) is 3. The summed E-state index contributed by atoms with van der Waals surface area (Å²) >= 11 is 0. The largest absolute Gasteiger partial charge is 0.491 e. The fraction of sp³-hybridized carbons (Fsp3) is 0.303. The van der Waals surface area contributed by atoms with Crippen LogP contribution in [-0.4, -0.2) is 43.6 Å². The first kappa shape index (κ1) is 28.4. The van der Waals surface area contributed by atoms with E-state index in [1.54, 1.807) is 25.4 Å². The first-order chi connectivity index (χ1) is 21.0. The number of rotatable bonds is 8. The van der Waals surface area contributed by atoms with E-state index >= 15 is 4.39 Å². The van der Waals surface area contributed by atoms with Gasteiger partial charge in [-0.15, -0.1) is 0 Å². The second-order valence-electron chi connectivity index (χ2n) is 10.8. The second-order valence-corrected chi connectivity index (χ2v) is 10.8. The van der Waals surface area contributed by atoms with Crippen molar-refractivity contribution in [1.82, 2.24) is 15.6 Å². The van der Waals surface area contributed by atoms with Gasteiger partial charge in [0.1, 0.15) is 11.3 Å². The van der Waals surface area contributed by atoms with Crippen LogP contribution in [0.2, 0.25) is 0 Å². The van der Waals surface area contributed by atoms with E-state index in [-0.39, 0.29) is 17.5 Å². The van der Waals surface area contributed by atoms with Crippen molar-refractivity contribution in [2.75, 3.05) is 32.1 Å². The average Bonchev–Trinajstić information content (AvgIpc) is 3.44. The number of hydrogen-bond donors (Lipinski definition) is 3. The van der Waals surface area contributed by atoms with Gasteiger partial charge in [-0.2, -0.15) is 0 Å². The van der Waals surface area contributed by atoms with Crippen LogP contribution in [0.15, 0.2) is 66.9 Å². The molecule has 222 valence electrons. The Kier molecular flexibility index (Phi) is 8.37. The Morgan fingerprint density at radius 3 is 2.60 bits per heavy atom. The van der Waals surface area contributed by atoms with Gasteiger partial charge in [0.25, 0.3) is 0 Å². The summed E-state index contributed by atoms with van der Waals surface area (Å²) in [6.07, 6.45) is 5.24. The highest BCUT2D eigenvalue weighted by Gasteiger charge is 2.26. The van der Waals surface area contributed by atoms with E-state index in [0.29, 0.717) is 40.7 Å². The number of piperidine rings is 1. The number of methoxy groups -OCH3 is 1. The van der Waals surface area contributed by atoms with Gasteiger partial charge in [0.05, 0.1) is 19.8 Å². The van der Waals surface area contributed by atoms with E-state index in [4.69, 9.17) is 14.2 Å². The van der Waals surface area contributed by atoms with Gasteiger partial charge in [-0.25, -0.2) is 4.39 Å². The molecule has 1 aliphatic carbocycles. The number of halogens is 1. The van der Waals surface area contributed by atoms with E-state index in [1.807, 2.05) is 30.3 Å². The maximum atomic E-state index is 15.1. The van der Waals surface area contributed by atoms with Crippen LogP contribution in [0.3, 0.4) is 0 Å². The Hall–Kier alpha value is -4.70. The Labute approximate surface area is 248 Å². The fourth-order valence-electron chi connectivity index (χ4n) is 5.70. The molecule has 2 amide bonds. The van der Waals surface area contributed by atoms with Crippen LogP contribution in [0.5, 0.6) is 23.0 Å². The van der Waals surface area contributed by atoms with Crippen molar-refractivity contribution in [3.8, 4) is 23.0 Å². The molecule has 10 heteroatoms. The second kappa shape index (κ2) is 12.7. The van der Waals surface area contributed by atoms with Gasteiger partial charge in [-0.05, 0) is 86.1 Å². The maximum Gasteiger partial charge on any atom is 0.313 e. The highest BCUT2D eigenvalue weighted by atomic mass is 19.1. The maximum absolute atomic E-state index is 15.1. The van der Waals surface area contributed by atoms with Crippen molar-refractivity contribution in [1.29, 1.82) is 0 Å². The molecule has 1 aliphatic heterocycles. The number of anilines is 1. The normalized spacial score (nSPS) is 16.4. The SMILES string of the molecule is COc1c(OCC2CCNCC2)ccc2c(Oc3ccc(NC(=O)C(=O)NC4CCc5ccccc54)cc3F)ccnc12. The highest BCUT2D eigenvalue weighted by molar-refractivity contribution is 6.39. The summed E-state index contributed by atoms with van der Waals surface area (Å²) in [5.74, 6) is -0.495. The van der Waals surface area contributed by atoms with E-state index in [9.17, 15) is 9.59 Å². The summed E-state index contributed by atoms with van der Waals surface area (Å²) in [5, 5.41) is 9.21. The molecule has 2 aliphatic rings. The molecule has 0 saturated carbocycles. The van der Waals surface area contributed by atoms with Crippen LogP contribution in [0.4, 0.5) is 10.1 Å². The topological polar surface area (TPSA) is 111 Å². The van der Waals surface area contributed by atoms with Crippen molar-refractivity contribution < 1.29 is 28.2 Å². The third-order valence-corrected chi connectivity index (χ3v) is 7.98. The van der Waals surface area contributed by atoms with Gasteiger partial charge in [0.15, 0.2) is 23.1 Å². The summed E-state index contributed by atoms with van der Waals surface area (Å²) in [4.78, 5) is 29.6. The predicted molar refractivity (Wildman–Crippen MR) is 160 cm³/mol. The monoisotopic (exact) mass is 584 g/mol. The molecular formula is C33H33FN4O5. The molecule has 2 heterocycles. The summed E-state index contributed by atoms with van der Waals surface area (Å²) in [5.41, 5.74) is 2.84. The van der Waals surface area contributed by atoms with Gasteiger partial charge in [-0.1, -0.05) is 24.3 Å². The van der Waals surface area contributed by atoms with Gasteiger partial charge in [0, 0.05) is 23.3 Å². The summed E-state index contributed by atoms with van der Waals surface area (Å²) in [6.45, 7) is 2.56. The third kappa shape index (κ3) is 6.24. The van der Waals surface area contributed by atoms with Gasteiger partial charge in [-0.3, -0.25) is 14.6 Å². The number of pyridine rings is 1. The number of benzene rings is 3. The van der Waals surface area contributed by atoms with E-state index in [2.05, 4.69) is 20.9 Å². The average molecular weight is 585 g/mol. The molecule has 3 N–H and O–H groups in total. The first-order valence-corrected chi connectivity index (χ1v) is 14.5. The van der Waals surface area contributed by atoms with Gasteiger partial charge in [0.2, 0.25) is 0 Å². The van der Waals surface area contributed by atoms with Crippen LogP contribution in [0.25, 0.3) is 10.9 Å². The molecule has 0 bridgehead atoms. The fourth-order valence-corrected chi connectivity index (χ4v) is 5.70. The lowest BCUT2D eigenvalue weighted by atomic mass is 9.99. The number of aryl methyl sites for hydroxylation is 1. The minimum atomic E-state index is -0.872. The summed E-state index contributed by atoms with van der Waals surface area (Å²) in [6, 6.07) is 16.8. The van der Waals surface area contributed by atoms with Crippen LogP contribution in [0, 0.1) is 11.7 Å². The van der Waals surface area contributed by atoms with E-state index < -0.39 is 17.6 Å². The number of carbonyl (C=O) groups is 2. The van der Waals surface area contributed by atoms with Gasteiger partial charge >= 0.3 is 11.8 Å². The number of aromatic nitrogens is 1. The lowest BCUT2D eigenvalue weighted by molar-refractivity contribution is -0.136.